The molecule has 0 bridgehead atoms. The lowest BCUT2D eigenvalue weighted by molar-refractivity contribution is -0.141. The zero-order valence-electron chi connectivity index (χ0n) is 7.44. The summed E-state index contributed by atoms with van der Waals surface area (Å²) in [6, 6.07) is 7.30. The molecule has 3 rings (SSSR count). The third-order valence-corrected chi connectivity index (χ3v) is 2.85. The molecule has 2 aliphatic rings. The number of rotatable bonds is 0. The van der Waals surface area contributed by atoms with Gasteiger partial charge in [-0.1, -0.05) is 18.2 Å². The zero-order chi connectivity index (χ0) is 9.71. The molecule has 1 aromatic rings. The van der Waals surface area contributed by atoms with Crippen LogP contribution in [0.1, 0.15) is 11.5 Å². The Bertz CT molecular complexity index is 405. The monoisotopic (exact) mass is 190 g/mol. The third kappa shape index (κ3) is 0.834. The number of benzene rings is 1. The highest BCUT2D eigenvalue weighted by Crippen LogP contribution is 2.41. The molecule has 4 nitrogen and oxygen atoms in total. The SMILES string of the molecule is N[C@@H]1C(=O)OC2Nc3ccccc3C21. The molecule has 1 saturated heterocycles. The van der Waals surface area contributed by atoms with Gasteiger partial charge in [0.2, 0.25) is 0 Å². The molecule has 0 spiro atoms. The smallest absolute Gasteiger partial charge is 0.325 e. The van der Waals surface area contributed by atoms with Crippen molar-refractivity contribution < 1.29 is 9.53 Å². The fourth-order valence-corrected chi connectivity index (χ4v) is 2.16. The Morgan fingerprint density at radius 3 is 3.00 bits per heavy atom. The van der Waals surface area contributed by atoms with E-state index in [2.05, 4.69) is 5.32 Å². The lowest BCUT2D eigenvalue weighted by atomic mass is 9.95. The van der Waals surface area contributed by atoms with Crippen LogP contribution in [0.3, 0.4) is 0 Å². The van der Waals surface area contributed by atoms with Crippen molar-refractivity contribution in [3.8, 4) is 0 Å². The van der Waals surface area contributed by atoms with Gasteiger partial charge in [0.05, 0.1) is 5.92 Å². The lowest BCUT2D eigenvalue weighted by Crippen LogP contribution is -2.31. The summed E-state index contributed by atoms with van der Waals surface area (Å²) in [5, 5.41) is 3.13. The van der Waals surface area contributed by atoms with E-state index in [-0.39, 0.29) is 18.1 Å². The average Bonchev–Trinajstić information content (AvgIpc) is 2.65. The van der Waals surface area contributed by atoms with Crippen LogP contribution >= 0.6 is 0 Å². The van der Waals surface area contributed by atoms with Crippen LogP contribution in [0.2, 0.25) is 0 Å². The van der Waals surface area contributed by atoms with Crippen LogP contribution in [0.15, 0.2) is 24.3 Å². The zero-order valence-corrected chi connectivity index (χ0v) is 7.44. The van der Waals surface area contributed by atoms with E-state index in [9.17, 15) is 4.79 Å². The van der Waals surface area contributed by atoms with Crippen molar-refractivity contribution in [3.63, 3.8) is 0 Å². The fraction of sp³-hybridized carbons (Fsp3) is 0.300. The highest BCUT2D eigenvalue weighted by atomic mass is 16.6. The first-order valence-corrected chi connectivity index (χ1v) is 4.59. The second kappa shape index (κ2) is 2.48. The van der Waals surface area contributed by atoms with E-state index in [1.165, 1.54) is 0 Å². The van der Waals surface area contributed by atoms with Gasteiger partial charge in [0.1, 0.15) is 6.04 Å². The van der Waals surface area contributed by atoms with Crippen LogP contribution in [0, 0.1) is 0 Å². The molecule has 2 aliphatic heterocycles. The van der Waals surface area contributed by atoms with E-state index in [0.29, 0.717) is 0 Å². The molecule has 3 N–H and O–H groups in total. The van der Waals surface area contributed by atoms with Crippen molar-refractivity contribution in [3.05, 3.63) is 29.8 Å². The standard InChI is InChI=1S/C10H10N2O2/c11-8-7-5-3-1-2-4-6(5)12-9(7)14-10(8)13/h1-4,7-9,12H,11H2/t7?,8-,9?/m0/s1. The van der Waals surface area contributed by atoms with Crippen LogP contribution in [0.4, 0.5) is 5.69 Å². The maximum atomic E-state index is 11.2. The second-order valence-electron chi connectivity index (χ2n) is 3.64. The minimum absolute atomic E-state index is 0.0290. The normalized spacial score (nSPS) is 33.2. The number of esters is 1. The first-order valence-electron chi connectivity index (χ1n) is 4.59. The Balaban J connectivity index is 2.09. The Morgan fingerprint density at radius 1 is 1.36 bits per heavy atom. The van der Waals surface area contributed by atoms with E-state index in [4.69, 9.17) is 10.5 Å². The quantitative estimate of drug-likeness (QED) is 0.581. The number of ether oxygens (including phenoxy) is 1. The molecule has 0 saturated carbocycles. The molecule has 0 radical (unpaired) electrons. The Labute approximate surface area is 81.0 Å². The Kier molecular flexibility index (Phi) is 1.39. The maximum absolute atomic E-state index is 11.2. The minimum atomic E-state index is -0.531. The summed E-state index contributed by atoms with van der Waals surface area (Å²) in [4.78, 5) is 11.2. The largest absolute Gasteiger partial charge is 0.440 e. The fourth-order valence-electron chi connectivity index (χ4n) is 2.16. The molecule has 2 heterocycles. The summed E-state index contributed by atoms with van der Waals surface area (Å²) in [6.07, 6.45) is -0.269. The number of nitrogens with two attached hydrogens (primary N) is 1. The van der Waals surface area contributed by atoms with Crippen molar-refractivity contribution in [2.45, 2.75) is 18.2 Å². The van der Waals surface area contributed by atoms with Crippen molar-refractivity contribution >= 4 is 11.7 Å². The van der Waals surface area contributed by atoms with Crippen molar-refractivity contribution in [1.29, 1.82) is 0 Å². The summed E-state index contributed by atoms with van der Waals surface area (Å²) in [5.41, 5.74) is 7.86. The van der Waals surface area contributed by atoms with Gasteiger partial charge in [0.15, 0.2) is 6.23 Å². The summed E-state index contributed by atoms with van der Waals surface area (Å²) in [5.74, 6) is -0.347. The number of nitrogens with one attached hydrogen (secondary N) is 1. The summed E-state index contributed by atoms with van der Waals surface area (Å²) >= 11 is 0. The van der Waals surface area contributed by atoms with Crippen LogP contribution in [0.5, 0.6) is 0 Å². The highest BCUT2D eigenvalue weighted by molar-refractivity contribution is 5.82. The van der Waals surface area contributed by atoms with Crippen molar-refractivity contribution in [2.24, 2.45) is 5.73 Å². The first-order chi connectivity index (χ1) is 6.77. The van der Waals surface area contributed by atoms with Gasteiger partial charge < -0.3 is 15.8 Å². The predicted molar refractivity (Wildman–Crippen MR) is 50.7 cm³/mol. The highest BCUT2D eigenvalue weighted by Gasteiger charge is 2.48. The minimum Gasteiger partial charge on any atom is -0.440 e. The van der Waals surface area contributed by atoms with Gasteiger partial charge in [-0.2, -0.15) is 0 Å². The summed E-state index contributed by atoms with van der Waals surface area (Å²) < 4.78 is 5.10. The van der Waals surface area contributed by atoms with Crippen molar-refractivity contribution in [2.75, 3.05) is 5.32 Å². The van der Waals surface area contributed by atoms with E-state index in [1.807, 2.05) is 24.3 Å². The molecule has 4 heteroatoms. The van der Waals surface area contributed by atoms with E-state index >= 15 is 0 Å². The van der Waals surface area contributed by atoms with E-state index < -0.39 is 6.04 Å². The molecule has 0 amide bonds. The van der Waals surface area contributed by atoms with Gasteiger partial charge in [0.25, 0.3) is 0 Å². The Morgan fingerprint density at radius 2 is 2.14 bits per heavy atom. The number of fused-ring (bicyclic) bond motifs is 3. The number of carbonyl (C=O) groups is 1. The number of para-hydroxylation sites is 1. The molecule has 0 aromatic heterocycles. The second-order valence-corrected chi connectivity index (χ2v) is 3.64. The lowest BCUT2D eigenvalue weighted by Gasteiger charge is -2.08. The summed E-state index contributed by atoms with van der Waals surface area (Å²) in [6.45, 7) is 0. The maximum Gasteiger partial charge on any atom is 0.325 e. The van der Waals surface area contributed by atoms with Crippen LogP contribution in [-0.2, 0) is 9.53 Å². The third-order valence-electron chi connectivity index (χ3n) is 2.85. The van der Waals surface area contributed by atoms with Gasteiger partial charge in [-0.3, -0.25) is 4.79 Å². The number of hydrogen-bond donors (Lipinski definition) is 2. The molecular weight excluding hydrogens is 180 g/mol. The van der Waals surface area contributed by atoms with Crippen molar-refractivity contribution in [1.82, 2.24) is 0 Å². The molecule has 72 valence electrons. The molecule has 1 fully saturated rings. The molecule has 2 unspecified atom stereocenters. The molecular formula is C10H10N2O2. The van der Waals surface area contributed by atoms with Gasteiger partial charge in [-0.15, -0.1) is 0 Å². The van der Waals surface area contributed by atoms with E-state index in [1.54, 1.807) is 0 Å². The number of hydrogen-bond acceptors (Lipinski definition) is 4. The van der Waals surface area contributed by atoms with Crippen LogP contribution in [0.25, 0.3) is 0 Å². The van der Waals surface area contributed by atoms with Gasteiger partial charge in [-0.05, 0) is 11.6 Å². The molecule has 0 aliphatic carbocycles. The molecule has 14 heavy (non-hydrogen) atoms. The topological polar surface area (TPSA) is 64.4 Å². The summed E-state index contributed by atoms with van der Waals surface area (Å²) in [7, 11) is 0. The van der Waals surface area contributed by atoms with E-state index in [0.717, 1.165) is 11.3 Å². The molecule has 3 atom stereocenters. The van der Waals surface area contributed by atoms with Gasteiger partial charge in [0, 0.05) is 5.69 Å². The first kappa shape index (κ1) is 7.82. The van der Waals surface area contributed by atoms with Gasteiger partial charge >= 0.3 is 5.97 Å². The number of anilines is 1. The predicted octanol–water partition coefficient (Wildman–Crippen LogP) is 0.406. The van der Waals surface area contributed by atoms with Crippen LogP contribution in [-0.4, -0.2) is 18.2 Å². The van der Waals surface area contributed by atoms with Gasteiger partial charge in [-0.25, -0.2) is 0 Å². The van der Waals surface area contributed by atoms with Crippen LogP contribution < -0.4 is 11.1 Å². The number of carbonyl (C=O) groups excluding carboxylic acids is 1. The Hall–Kier alpha value is -1.55. The average molecular weight is 190 g/mol. The molecule has 1 aromatic carbocycles.